The molecule has 0 radical (unpaired) electrons. The van der Waals surface area contributed by atoms with Gasteiger partial charge in [-0.25, -0.2) is 0 Å². The molecule has 3 heterocycles. The molecule has 0 spiro atoms. The summed E-state index contributed by atoms with van der Waals surface area (Å²) in [6, 6.07) is 3.33. The minimum absolute atomic E-state index is 0.00550. The second kappa shape index (κ2) is 8.49. The van der Waals surface area contributed by atoms with Crippen molar-refractivity contribution in [2.24, 2.45) is 5.92 Å². The van der Waals surface area contributed by atoms with Gasteiger partial charge in [-0.15, -0.1) is 0 Å². The number of piperidine rings is 2. The SMILES string of the molecule is O=C1CCC(N2C(=O)c3cccc(NCC(=O)N4CCC(C(F)(F)F)CC4)c3C2=O)C(=O)N1. The topological polar surface area (TPSA) is 116 Å². The summed E-state index contributed by atoms with van der Waals surface area (Å²) in [6.07, 6.45) is -4.59. The van der Waals surface area contributed by atoms with E-state index in [2.05, 4.69) is 10.6 Å². The number of halogens is 3. The molecule has 1 atom stereocenters. The van der Waals surface area contributed by atoms with Gasteiger partial charge in [0, 0.05) is 25.2 Å². The molecule has 5 amide bonds. The number of benzene rings is 1. The van der Waals surface area contributed by atoms with Crippen molar-refractivity contribution in [2.45, 2.75) is 37.9 Å². The number of rotatable bonds is 4. The number of hydrogen-bond acceptors (Lipinski definition) is 6. The lowest BCUT2D eigenvalue weighted by atomic mass is 9.96. The average molecular weight is 466 g/mol. The van der Waals surface area contributed by atoms with Crippen LogP contribution >= 0.6 is 0 Å². The Kier molecular flexibility index (Phi) is 5.85. The van der Waals surface area contributed by atoms with Gasteiger partial charge in [0.1, 0.15) is 6.04 Å². The van der Waals surface area contributed by atoms with Gasteiger partial charge >= 0.3 is 6.18 Å². The zero-order chi connectivity index (χ0) is 23.9. The third kappa shape index (κ3) is 4.29. The fourth-order valence-corrected chi connectivity index (χ4v) is 4.40. The summed E-state index contributed by atoms with van der Waals surface area (Å²) in [5, 5.41) is 4.93. The van der Waals surface area contributed by atoms with E-state index in [1.807, 2.05) is 0 Å². The molecule has 9 nitrogen and oxygen atoms in total. The van der Waals surface area contributed by atoms with E-state index in [0.29, 0.717) is 0 Å². The number of carbonyl (C=O) groups excluding carboxylic acids is 5. The molecule has 3 aliphatic rings. The predicted octanol–water partition coefficient (Wildman–Crippen LogP) is 1.30. The van der Waals surface area contributed by atoms with Crippen LogP contribution in [-0.4, -0.2) is 71.2 Å². The highest BCUT2D eigenvalue weighted by Gasteiger charge is 2.46. The van der Waals surface area contributed by atoms with Gasteiger partial charge in [0.25, 0.3) is 11.8 Å². The molecule has 0 saturated carbocycles. The molecule has 176 valence electrons. The second-order valence-electron chi connectivity index (χ2n) is 8.23. The lowest BCUT2D eigenvalue weighted by Gasteiger charge is -2.33. The zero-order valence-corrected chi connectivity index (χ0v) is 17.4. The van der Waals surface area contributed by atoms with Crippen LogP contribution in [0.5, 0.6) is 0 Å². The minimum atomic E-state index is -4.28. The van der Waals surface area contributed by atoms with Crippen LogP contribution in [0, 0.1) is 5.92 Å². The van der Waals surface area contributed by atoms with Crippen molar-refractivity contribution in [1.29, 1.82) is 0 Å². The number of carbonyl (C=O) groups is 5. The molecular weight excluding hydrogens is 445 g/mol. The summed E-state index contributed by atoms with van der Waals surface area (Å²) in [4.78, 5) is 64.1. The Morgan fingerprint density at radius 2 is 1.76 bits per heavy atom. The highest BCUT2D eigenvalue weighted by molar-refractivity contribution is 6.25. The third-order valence-electron chi connectivity index (χ3n) is 6.21. The van der Waals surface area contributed by atoms with Crippen molar-refractivity contribution in [2.75, 3.05) is 25.0 Å². The van der Waals surface area contributed by atoms with Crippen LogP contribution in [0.2, 0.25) is 0 Å². The molecule has 0 aromatic heterocycles. The Morgan fingerprint density at radius 3 is 2.39 bits per heavy atom. The molecule has 4 rings (SSSR count). The molecular formula is C21H21F3N4O5. The van der Waals surface area contributed by atoms with Crippen LogP contribution in [0.25, 0.3) is 0 Å². The molecule has 2 saturated heterocycles. The van der Waals surface area contributed by atoms with Crippen molar-refractivity contribution in [3.05, 3.63) is 29.3 Å². The van der Waals surface area contributed by atoms with Crippen molar-refractivity contribution >= 4 is 35.2 Å². The van der Waals surface area contributed by atoms with E-state index in [4.69, 9.17) is 0 Å². The average Bonchev–Trinajstić information content (AvgIpc) is 3.02. The highest BCUT2D eigenvalue weighted by Crippen LogP contribution is 2.35. The Balaban J connectivity index is 1.44. The van der Waals surface area contributed by atoms with E-state index in [-0.39, 0.29) is 62.1 Å². The fourth-order valence-electron chi connectivity index (χ4n) is 4.40. The number of amides is 5. The summed E-state index contributed by atoms with van der Waals surface area (Å²) >= 11 is 0. The largest absolute Gasteiger partial charge is 0.391 e. The summed E-state index contributed by atoms with van der Waals surface area (Å²) in [5.41, 5.74) is 0.281. The molecule has 2 N–H and O–H groups in total. The maximum atomic E-state index is 13.0. The molecule has 33 heavy (non-hydrogen) atoms. The highest BCUT2D eigenvalue weighted by atomic mass is 19.4. The summed E-state index contributed by atoms with van der Waals surface area (Å²) in [5.74, 6) is -4.44. The second-order valence-corrected chi connectivity index (χ2v) is 8.23. The van der Waals surface area contributed by atoms with Gasteiger partial charge < -0.3 is 10.2 Å². The molecule has 0 aliphatic carbocycles. The van der Waals surface area contributed by atoms with Gasteiger partial charge in [-0.3, -0.25) is 34.2 Å². The Hall–Kier alpha value is -3.44. The first-order valence-electron chi connectivity index (χ1n) is 10.5. The monoisotopic (exact) mass is 466 g/mol. The number of nitrogens with one attached hydrogen (secondary N) is 2. The molecule has 12 heteroatoms. The quantitative estimate of drug-likeness (QED) is 0.647. The van der Waals surface area contributed by atoms with Crippen LogP contribution in [0.1, 0.15) is 46.4 Å². The first kappa shape index (κ1) is 22.7. The van der Waals surface area contributed by atoms with Gasteiger partial charge in [0.05, 0.1) is 23.6 Å². The number of likely N-dealkylation sites (tertiary alicyclic amines) is 1. The van der Waals surface area contributed by atoms with E-state index in [1.54, 1.807) is 0 Å². The van der Waals surface area contributed by atoms with E-state index in [0.717, 1.165) is 4.90 Å². The van der Waals surface area contributed by atoms with E-state index in [1.165, 1.54) is 23.1 Å². The maximum Gasteiger partial charge on any atom is 0.391 e. The number of hydrogen-bond donors (Lipinski definition) is 2. The number of nitrogens with zero attached hydrogens (tertiary/aromatic N) is 2. The van der Waals surface area contributed by atoms with Crippen molar-refractivity contribution < 1.29 is 37.1 Å². The minimum Gasteiger partial charge on any atom is -0.375 e. The zero-order valence-electron chi connectivity index (χ0n) is 17.4. The van der Waals surface area contributed by atoms with E-state index in [9.17, 15) is 37.1 Å². The van der Waals surface area contributed by atoms with E-state index < -0.39 is 47.7 Å². The van der Waals surface area contributed by atoms with Gasteiger partial charge in [-0.1, -0.05) is 6.07 Å². The molecule has 1 aromatic rings. The lowest BCUT2D eigenvalue weighted by molar-refractivity contribution is -0.186. The maximum absolute atomic E-state index is 13.0. The van der Waals surface area contributed by atoms with Gasteiger partial charge in [-0.2, -0.15) is 13.2 Å². The molecule has 1 unspecified atom stereocenters. The van der Waals surface area contributed by atoms with Crippen molar-refractivity contribution in [3.8, 4) is 0 Å². The van der Waals surface area contributed by atoms with Gasteiger partial charge in [0.15, 0.2) is 0 Å². The van der Waals surface area contributed by atoms with Crippen LogP contribution < -0.4 is 10.6 Å². The Labute approximate surface area is 186 Å². The lowest BCUT2D eigenvalue weighted by Crippen LogP contribution is -2.54. The Morgan fingerprint density at radius 1 is 1.06 bits per heavy atom. The smallest absolute Gasteiger partial charge is 0.375 e. The van der Waals surface area contributed by atoms with Gasteiger partial charge in [0.2, 0.25) is 17.7 Å². The fraction of sp³-hybridized carbons (Fsp3) is 0.476. The standard InChI is InChI=1S/C21H21F3N4O5/c22-21(23,24)11-6-8-27(9-7-11)16(30)10-25-13-3-1-2-12-17(13)20(33)28(19(12)32)14-4-5-15(29)26-18(14)31/h1-3,11,14,25H,4-10H2,(H,26,29,31). The third-order valence-corrected chi connectivity index (χ3v) is 6.21. The first-order valence-corrected chi connectivity index (χ1v) is 10.5. The number of anilines is 1. The summed E-state index contributed by atoms with van der Waals surface area (Å²) in [6.45, 7) is -0.302. The van der Waals surface area contributed by atoms with Crippen molar-refractivity contribution in [1.82, 2.24) is 15.1 Å². The van der Waals surface area contributed by atoms with E-state index >= 15 is 0 Å². The molecule has 1 aromatic carbocycles. The molecule has 0 bridgehead atoms. The number of alkyl halides is 3. The summed E-state index contributed by atoms with van der Waals surface area (Å²) < 4.78 is 38.5. The Bertz CT molecular complexity index is 1030. The number of imide groups is 2. The first-order chi connectivity index (χ1) is 15.6. The van der Waals surface area contributed by atoms with Gasteiger partial charge in [-0.05, 0) is 31.4 Å². The number of fused-ring (bicyclic) bond motifs is 1. The normalized spacial score (nSPS) is 21.8. The van der Waals surface area contributed by atoms with Crippen LogP contribution in [0.3, 0.4) is 0 Å². The van der Waals surface area contributed by atoms with Crippen molar-refractivity contribution in [3.63, 3.8) is 0 Å². The summed E-state index contributed by atoms with van der Waals surface area (Å²) in [7, 11) is 0. The van der Waals surface area contributed by atoms with Crippen LogP contribution in [0.4, 0.5) is 18.9 Å². The van der Waals surface area contributed by atoms with Crippen LogP contribution in [0.15, 0.2) is 18.2 Å². The molecule has 2 fully saturated rings. The predicted molar refractivity (Wildman–Crippen MR) is 107 cm³/mol. The molecule has 3 aliphatic heterocycles. The van der Waals surface area contributed by atoms with Crippen LogP contribution in [-0.2, 0) is 14.4 Å².